The van der Waals surface area contributed by atoms with Gasteiger partial charge in [-0.1, -0.05) is 5.16 Å². The first-order valence-corrected chi connectivity index (χ1v) is 7.56. The Balaban J connectivity index is 1.60. The molecule has 4 nitrogen and oxygen atoms in total. The average Bonchev–Trinajstić information content (AvgIpc) is 3.06. The molecule has 3 aliphatic rings. The zero-order chi connectivity index (χ0) is 13.8. The van der Waals surface area contributed by atoms with Crippen molar-refractivity contribution < 1.29 is 13.3 Å². The highest BCUT2D eigenvalue weighted by molar-refractivity contribution is 5.12. The monoisotopic (exact) mass is 283 g/mol. The molecule has 2 aliphatic heterocycles. The lowest BCUT2D eigenvalue weighted by Crippen LogP contribution is -2.35. The average molecular weight is 283 g/mol. The highest BCUT2D eigenvalue weighted by atomic mass is 19.3. The van der Waals surface area contributed by atoms with Crippen LogP contribution in [0.4, 0.5) is 8.78 Å². The summed E-state index contributed by atoms with van der Waals surface area (Å²) in [6.07, 6.45) is 4.67. The van der Waals surface area contributed by atoms with Gasteiger partial charge in [-0.2, -0.15) is 4.98 Å². The van der Waals surface area contributed by atoms with Crippen LogP contribution in [0.3, 0.4) is 0 Å². The van der Waals surface area contributed by atoms with Gasteiger partial charge >= 0.3 is 0 Å². The summed E-state index contributed by atoms with van der Waals surface area (Å²) in [4.78, 5) is 6.94. The number of aromatic nitrogens is 2. The summed E-state index contributed by atoms with van der Waals surface area (Å²) in [5, 5.41) is 4.02. The van der Waals surface area contributed by atoms with E-state index >= 15 is 0 Å². The Bertz CT molecular complexity index is 506. The number of nitrogens with zero attached hydrogens (tertiary/aromatic N) is 3. The van der Waals surface area contributed by atoms with Crippen molar-refractivity contribution in [3.8, 4) is 0 Å². The number of halogens is 2. The zero-order valence-electron chi connectivity index (χ0n) is 11.4. The van der Waals surface area contributed by atoms with Crippen LogP contribution in [0, 0.1) is 0 Å². The summed E-state index contributed by atoms with van der Waals surface area (Å²) in [5.41, 5.74) is -0.0909. The first-order chi connectivity index (χ1) is 9.59. The summed E-state index contributed by atoms with van der Waals surface area (Å²) in [5.74, 6) is -1.64. The normalized spacial score (nSPS) is 31.8. The summed E-state index contributed by atoms with van der Waals surface area (Å²) in [6, 6.07) is 0. The van der Waals surface area contributed by atoms with Gasteiger partial charge in [0.05, 0.1) is 0 Å². The van der Waals surface area contributed by atoms with Crippen LogP contribution in [-0.4, -0.2) is 34.1 Å². The number of rotatable bonds is 2. The highest BCUT2D eigenvalue weighted by Crippen LogP contribution is 2.47. The SMILES string of the molecule is FC1(F)CCC(c2noc(C34CCCN3CCC4)n2)C1. The van der Waals surface area contributed by atoms with Crippen LogP contribution in [0.15, 0.2) is 4.52 Å². The van der Waals surface area contributed by atoms with E-state index in [-0.39, 0.29) is 24.3 Å². The molecule has 1 aliphatic carbocycles. The fourth-order valence-corrected chi connectivity index (χ4v) is 4.22. The Labute approximate surface area is 116 Å². The van der Waals surface area contributed by atoms with Crippen molar-refractivity contribution in [1.82, 2.24) is 15.0 Å². The fourth-order valence-electron chi connectivity index (χ4n) is 4.22. The van der Waals surface area contributed by atoms with Crippen molar-refractivity contribution >= 4 is 0 Å². The Kier molecular flexibility index (Phi) is 2.68. The molecule has 1 saturated carbocycles. The third kappa shape index (κ3) is 1.80. The smallest absolute Gasteiger partial charge is 0.248 e. The lowest BCUT2D eigenvalue weighted by atomic mass is 9.94. The van der Waals surface area contributed by atoms with E-state index in [4.69, 9.17) is 4.52 Å². The van der Waals surface area contributed by atoms with Gasteiger partial charge in [0.15, 0.2) is 5.82 Å². The van der Waals surface area contributed by atoms with E-state index in [9.17, 15) is 8.78 Å². The molecule has 0 aromatic carbocycles. The van der Waals surface area contributed by atoms with Crippen molar-refractivity contribution in [3.05, 3.63) is 11.7 Å². The summed E-state index contributed by atoms with van der Waals surface area (Å²) in [6.45, 7) is 2.17. The number of fused-ring (bicyclic) bond motifs is 1. The van der Waals surface area contributed by atoms with Crippen LogP contribution in [0.5, 0.6) is 0 Å². The van der Waals surface area contributed by atoms with Crippen LogP contribution in [-0.2, 0) is 5.54 Å². The van der Waals surface area contributed by atoms with Gasteiger partial charge in [-0.3, -0.25) is 4.90 Å². The van der Waals surface area contributed by atoms with E-state index in [0.29, 0.717) is 18.1 Å². The Morgan fingerprint density at radius 3 is 2.55 bits per heavy atom. The van der Waals surface area contributed by atoms with Gasteiger partial charge in [-0.05, 0) is 45.2 Å². The van der Waals surface area contributed by atoms with Gasteiger partial charge in [0.2, 0.25) is 11.8 Å². The maximum atomic E-state index is 13.3. The van der Waals surface area contributed by atoms with E-state index in [1.807, 2.05) is 0 Å². The minimum Gasteiger partial charge on any atom is -0.337 e. The van der Waals surface area contributed by atoms with E-state index in [0.717, 1.165) is 38.8 Å². The molecule has 110 valence electrons. The molecular formula is C14H19F2N3O. The van der Waals surface area contributed by atoms with Crippen molar-refractivity contribution in [2.24, 2.45) is 0 Å². The van der Waals surface area contributed by atoms with Gasteiger partial charge in [0, 0.05) is 18.8 Å². The second-order valence-corrected chi connectivity index (χ2v) is 6.48. The lowest BCUT2D eigenvalue weighted by Gasteiger charge is -2.27. The molecule has 1 aromatic rings. The van der Waals surface area contributed by atoms with Crippen LogP contribution in [0.2, 0.25) is 0 Å². The summed E-state index contributed by atoms with van der Waals surface area (Å²) in [7, 11) is 0. The molecule has 20 heavy (non-hydrogen) atoms. The fraction of sp³-hybridized carbons (Fsp3) is 0.857. The minimum absolute atomic E-state index is 0.0567. The third-order valence-corrected chi connectivity index (χ3v) is 5.25. The molecule has 1 aromatic heterocycles. The first-order valence-electron chi connectivity index (χ1n) is 7.56. The van der Waals surface area contributed by atoms with Crippen molar-refractivity contribution in [2.75, 3.05) is 13.1 Å². The second kappa shape index (κ2) is 4.23. The lowest BCUT2D eigenvalue weighted by molar-refractivity contribution is 0.00749. The molecule has 0 spiro atoms. The quantitative estimate of drug-likeness (QED) is 0.836. The van der Waals surface area contributed by atoms with Crippen LogP contribution in [0.1, 0.15) is 62.6 Å². The standard InChI is InChI=1S/C14H19F2N3O/c15-14(16)6-3-10(9-14)11-17-12(20-18-11)13-4-1-7-19(13)8-2-5-13/h10H,1-9H2. The largest absolute Gasteiger partial charge is 0.337 e. The predicted molar refractivity (Wildman–Crippen MR) is 67.6 cm³/mol. The van der Waals surface area contributed by atoms with E-state index in [1.165, 1.54) is 0 Å². The van der Waals surface area contributed by atoms with E-state index in [2.05, 4.69) is 15.0 Å². The molecule has 4 rings (SSSR count). The highest BCUT2D eigenvalue weighted by Gasteiger charge is 2.50. The molecular weight excluding hydrogens is 264 g/mol. The molecule has 0 N–H and O–H groups in total. The molecule has 1 atom stereocenters. The molecule has 0 amide bonds. The number of hydrogen-bond donors (Lipinski definition) is 0. The first kappa shape index (κ1) is 12.7. The van der Waals surface area contributed by atoms with Crippen molar-refractivity contribution in [2.45, 2.75) is 62.3 Å². The van der Waals surface area contributed by atoms with Crippen molar-refractivity contribution in [1.29, 1.82) is 0 Å². The van der Waals surface area contributed by atoms with Crippen molar-refractivity contribution in [3.63, 3.8) is 0 Å². The molecule has 6 heteroatoms. The third-order valence-electron chi connectivity index (χ3n) is 5.25. The van der Waals surface area contributed by atoms with Crippen LogP contribution < -0.4 is 0 Å². The summed E-state index contributed by atoms with van der Waals surface area (Å²) >= 11 is 0. The molecule has 3 heterocycles. The molecule has 0 radical (unpaired) electrons. The Morgan fingerprint density at radius 1 is 1.15 bits per heavy atom. The Morgan fingerprint density at radius 2 is 1.90 bits per heavy atom. The molecule has 3 fully saturated rings. The predicted octanol–water partition coefficient (Wildman–Crippen LogP) is 3.06. The maximum absolute atomic E-state index is 13.3. The van der Waals surface area contributed by atoms with Gasteiger partial charge < -0.3 is 4.52 Å². The van der Waals surface area contributed by atoms with Gasteiger partial charge in [-0.25, -0.2) is 8.78 Å². The second-order valence-electron chi connectivity index (χ2n) is 6.48. The molecule has 0 bridgehead atoms. The van der Waals surface area contributed by atoms with Gasteiger partial charge in [0.25, 0.3) is 0 Å². The van der Waals surface area contributed by atoms with E-state index in [1.54, 1.807) is 0 Å². The van der Waals surface area contributed by atoms with Gasteiger partial charge in [-0.15, -0.1) is 0 Å². The zero-order valence-corrected chi connectivity index (χ0v) is 11.4. The van der Waals surface area contributed by atoms with Crippen LogP contribution in [0.25, 0.3) is 0 Å². The Hall–Kier alpha value is -1.04. The molecule has 2 saturated heterocycles. The summed E-state index contributed by atoms with van der Waals surface area (Å²) < 4.78 is 32.1. The number of alkyl halides is 2. The van der Waals surface area contributed by atoms with E-state index < -0.39 is 5.92 Å². The van der Waals surface area contributed by atoms with Gasteiger partial charge in [0.1, 0.15) is 5.54 Å². The maximum Gasteiger partial charge on any atom is 0.248 e. The number of hydrogen-bond acceptors (Lipinski definition) is 4. The minimum atomic E-state index is -2.56. The molecule has 1 unspecified atom stereocenters. The van der Waals surface area contributed by atoms with Crippen LogP contribution >= 0.6 is 0 Å². The topological polar surface area (TPSA) is 42.2 Å².